The van der Waals surface area contributed by atoms with Crippen molar-refractivity contribution in [1.82, 2.24) is 10.2 Å². The van der Waals surface area contributed by atoms with E-state index in [2.05, 4.69) is 15.2 Å². The van der Waals surface area contributed by atoms with Crippen LogP contribution in [0, 0.1) is 5.41 Å². The van der Waals surface area contributed by atoms with Crippen molar-refractivity contribution in [2.24, 2.45) is 10.4 Å². The molecule has 25 heavy (non-hydrogen) atoms. The average Bonchev–Trinajstić information content (AvgIpc) is 3.18. The Balaban J connectivity index is 0.00000225. The van der Waals surface area contributed by atoms with Crippen LogP contribution in [0.1, 0.15) is 24.0 Å². The summed E-state index contributed by atoms with van der Waals surface area (Å²) >= 11 is 0. The fourth-order valence-electron chi connectivity index (χ4n) is 3.46. The molecule has 1 aromatic carbocycles. The van der Waals surface area contributed by atoms with E-state index in [-0.39, 0.29) is 29.4 Å². The molecule has 1 N–H and O–H groups in total. The van der Waals surface area contributed by atoms with Gasteiger partial charge in [0.2, 0.25) is 0 Å². The number of alkyl halides is 3. The first kappa shape index (κ1) is 20.3. The van der Waals surface area contributed by atoms with Crippen LogP contribution in [0.15, 0.2) is 29.3 Å². The molecule has 0 amide bonds. The minimum atomic E-state index is -4.32. The zero-order valence-corrected chi connectivity index (χ0v) is 16.4. The molecular formula is C17H23F3IN3O. The molecule has 4 nitrogen and oxygen atoms in total. The molecule has 0 saturated carbocycles. The molecule has 1 spiro atoms. The SMILES string of the molecule is CN=C(NCc1cccc(C(F)(F)F)c1)N1CCC2(CCOC2)C1.I. The molecule has 8 heteroatoms. The first-order valence-electron chi connectivity index (χ1n) is 8.11. The number of guanidine groups is 1. The molecule has 0 bridgehead atoms. The number of rotatable bonds is 2. The number of hydrogen-bond acceptors (Lipinski definition) is 2. The average molecular weight is 469 g/mol. The van der Waals surface area contributed by atoms with Crippen LogP contribution in [0.25, 0.3) is 0 Å². The van der Waals surface area contributed by atoms with Crippen molar-refractivity contribution < 1.29 is 17.9 Å². The molecule has 2 saturated heterocycles. The highest BCUT2D eigenvalue weighted by Crippen LogP contribution is 2.38. The lowest BCUT2D eigenvalue weighted by Crippen LogP contribution is -2.41. The zero-order chi connectivity index (χ0) is 17.2. The second kappa shape index (κ2) is 8.11. The van der Waals surface area contributed by atoms with Crippen molar-refractivity contribution in [2.45, 2.75) is 25.6 Å². The number of nitrogens with zero attached hydrogens (tertiary/aromatic N) is 2. The summed E-state index contributed by atoms with van der Waals surface area (Å²) in [6.07, 6.45) is -2.19. The number of aliphatic imine (C=N–C) groups is 1. The van der Waals surface area contributed by atoms with Gasteiger partial charge in [0.25, 0.3) is 0 Å². The monoisotopic (exact) mass is 469 g/mol. The minimum Gasteiger partial charge on any atom is -0.381 e. The Hall–Kier alpha value is -1.03. The summed E-state index contributed by atoms with van der Waals surface area (Å²) in [5.41, 5.74) is 0.178. The number of benzene rings is 1. The van der Waals surface area contributed by atoms with Crippen LogP contribution in [-0.4, -0.2) is 44.2 Å². The predicted molar refractivity (Wildman–Crippen MR) is 101 cm³/mol. The van der Waals surface area contributed by atoms with E-state index < -0.39 is 11.7 Å². The summed E-state index contributed by atoms with van der Waals surface area (Å²) in [6, 6.07) is 5.38. The van der Waals surface area contributed by atoms with Crippen molar-refractivity contribution in [3.63, 3.8) is 0 Å². The van der Waals surface area contributed by atoms with E-state index in [1.54, 1.807) is 13.1 Å². The van der Waals surface area contributed by atoms with E-state index in [0.717, 1.165) is 51.2 Å². The summed E-state index contributed by atoms with van der Waals surface area (Å²) < 4.78 is 43.9. The lowest BCUT2D eigenvalue weighted by Gasteiger charge is -2.25. The molecule has 3 rings (SSSR count). The quantitative estimate of drug-likeness (QED) is 0.410. The zero-order valence-electron chi connectivity index (χ0n) is 14.1. The normalized spacial score (nSPS) is 23.8. The maximum atomic E-state index is 12.8. The minimum absolute atomic E-state index is 0. The highest BCUT2D eigenvalue weighted by molar-refractivity contribution is 14.0. The molecule has 1 unspecified atom stereocenters. The first-order chi connectivity index (χ1) is 11.4. The summed E-state index contributed by atoms with van der Waals surface area (Å²) in [5, 5.41) is 3.18. The van der Waals surface area contributed by atoms with Gasteiger partial charge in [0.1, 0.15) is 0 Å². The number of hydrogen-bond donors (Lipinski definition) is 1. The summed E-state index contributed by atoms with van der Waals surface area (Å²) in [4.78, 5) is 6.45. The largest absolute Gasteiger partial charge is 0.416 e. The highest BCUT2D eigenvalue weighted by Gasteiger charge is 2.42. The Morgan fingerprint density at radius 1 is 1.36 bits per heavy atom. The van der Waals surface area contributed by atoms with E-state index in [9.17, 15) is 13.2 Å². The maximum absolute atomic E-state index is 12.8. The van der Waals surface area contributed by atoms with Gasteiger partial charge in [0, 0.05) is 38.7 Å². The predicted octanol–water partition coefficient (Wildman–Crippen LogP) is 3.51. The van der Waals surface area contributed by atoms with Crippen molar-refractivity contribution in [3.8, 4) is 0 Å². The summed E-state index contributed by atoms with van der Waals surface area (Å²) in [6.45, 7) is 3.69. The lowest BCUT2D eigenvalue weighted by molar-refractivity contribution is -0.137. The molecule has 0 aliphatic carbocycles. The first-order valence-corrected chi connectivity index (χ1v) is 8.11. The van der Waals surface area contributed by atoms with Crippen LogP contribution < -0.4 is 5.32 Å². The van der Waals surface area contributed by atoms with Gasteiger partial charge in [-0.15, -0.1) is 24.0 Å². The standard InChI is InChI=1S/C17H22F3N3O.HI/c1-21-15(23-7-5-16(11-23)6-8-24-12-16)22-10-13-3-2-4-14(9-13)17(18,19)20;/h2-4,9H,5-8,10-12H2,1H3,(H,21,22);1H. The molecular weight excluding hydrogens is 446 g/mol. The van der Waals surface area contributed by atoms with Gasteiger partial charge in [-0.1, -0.05) is 12.1 Å². The Morgan fingerprint density at radius 2 is 2.16 bits per heavy atom. The number of nitrogens with one attached hydrogen (secondary N) is 1. The van der Waals surface area contributed by atoms with Crippen LogP contribution in [0.4, 0.5) is 13.2 Å². The van der Waals surface area contributed by atoms with E-state index in [1.807, 2.05) is 0 Å². The lowest BCUT2D eigenvalue weighted by atomic mass is 9.87. The summed E-state index contributed by atoms with van der Waals surface area (Å²) in [5.74, 6) is 0.733. The molecule has 2 heterocycles. The Labute approximate surface area is 162 Å². The molecule has 1 atom stereocenters. The third-order valence-corrected chi connectivity index (χ3v) is 4.84. The van der Waals surface area contributed by atoms with Crippen LogP contribution >= 0.6 is 24.0 Å². The molecule has 2 aliphatic heterocycles. The van der Waals surface area contributed by atoms with Crippen molar-refractivity contribution in [1.29, 1.82) is 0 Å². The van der Waals surface area contributed by atoms with E-state index in [4.69, 9.17) is 4.74 Å². The van der Waals surface area contributed by atoms with Crippen LogP contribution in [-0.2, 0) is 17.5 Å². The smallest absolute Gasteiger partial charge is 0.381 e. The van der Waals surface area contributed by atoms with Crippen LogP contribution in [0.3, 0.4) is 0 Å². The van der Waals surface area contributed by atoms with Gasteiger partial charge >= 0.3 is 6.18 Å². The number of ether oxygens (including phenoxy) is 1. The van der Waals surface area contributed by atoms with Gasteiger partial charge < -0.3 is 15.0 Å². The Morgan fingerprint density at radius 3 is 2.80 bits per heavy atom. The van der Waals surface area contributed by atoms with Crippen LogP contribution in [0.2, 0.25) is 0 Å². The molecule has 1 aromatic rings. The Bertz CT molecular complexity index is 615. The Kier molecular flexibility index (Phi) is 6.58. The van der Waals surface area contributed by atoms with Crippen LogP contribution in [0.5, 0.6) is 0 Å². The van der Waals surface area contributed by atoms with Gasteiger partial charge in [-0.2, -0.15) is 13.2 Å². The molecule has 0 aromatic heterocycles. The van der Waals surface area contributed by atoms with Gasteiger partial charge in [-0.3, -0.25) is 4.99 Å². The van der Waals surface area contributed by atoms with Gasteiger partial charge in [-0.25, -0.2) is 0 Å². The van der Waals surface area contributed by atoms with Gasteiger partial charge in [0.15, 0.2) is 5.96 Å². The number of likely N-dealkylation sites (tertiary alicyclic amines) is 1. The molecule has 2 aliphatic rings. The molecule has 0 radical (unpaired) electrons. The summed E-state index contributed by atoms with van der Waals surface area (Å²) in [7, 11) is 1.70. The van der Waals surface area contributed by atoms with Crippen molar-refractivity contribution >= 4 is 29.9 Å². The topological polar surface area (TPSA) is 36.9 Å². The third kappa shape index (κ3) is 4.78. The highest BCUT2D eigenvalue weighted by atomic mass is 127. The van der Waals surface area contributed by atoms with E-state index in [0.29, 0.717) is 12.1 Å². The fraction of sp³-hybridized carbons (Fsp3) is 0.588. The molecule has 140 valence electrons. The van der Waals surface area contributed by atoms with Gasteiger partial charge in [-0.05, 0) is 30.5 Å². The third-order valence-electron chi connectivity index (χ3n) is 4.84. The fourth-order valence-corrected chi connectivity index (χ4v) is 3.46. The molecule has 2 fully saturated rings. The van der Waals surface area contributed by atoms with Gasteiger partial charge in [0.05, 0.1) is 12.2 Å². The van der Waals surface area contributed by atoms with E-state index >= 15 is 0 Å². The maximum Gasteiger partial charge on any atom is 0.416 e. The van der Waals surface area contributed by atoms with Crippen molar-refractivity contribution in [3.05, 3.63) is 35.4 Å². The number of halogens is 4. The second-order valence-corrected chi connectivity index (χ2v) is 6.57. The van der Waals surface area contributed by atoms with Crippen molar-refractivity contribution in [2.75, 3.05) is 33.4 Å². The van der Waals surface area contributed by atoms with E-state index in [1.165, 1.54) is 12.1 Å². The second-order valence-electron chi connectivity index (χ2n) is 6.57.